The van der Waals surface area contributed by atoms with Crippen LogP contribution in [0.15, 0.2) is 224 Å². The lowest BCUT2D eigenvalue weighted by Crippen LogP contribution is -2.09. The highest BCUT2D eigenvalue weighted by Gasteiger charge is 2.19. The zero-order valence-corrected chi connectivity index (χ0v) is 31.2. The van der Waals surface area contributed by atoms with E-state index in [4.69, 9.17) is 0 Å². The largest absolute Gasteiger partial charge is 0.311 e. The molecule has 0 aliphatic rings. The molecule has 0 N–H and O–H groups in total. The molecule has 268 valence electrons. The highest BCUT2D eigenvalue weighted by molar-refractivity contribution is 6.17. The van der Waals surface area contributed by atoms with Gasteiger partial charge in [-0.15, -0.1) is 0 Å². The quantitative estimate of drug-likeness (QED) is 0.159. The van der Waals surface area contributed by atoms with Crippen LogP contribution in [0.3, 0.4) is 0 Å². The molecule has 0 spiro atoms. The van der Waals surface area contributed by atoms with Crippen molar-refractivity contribution >= 4 is 60.7 Å². The Morgan fingerprint density at radius 3 is 1.40 bits per heavy atom. The standard InChI is InChI=1S/C54H37N3/c1-4-15-41(16-5-1)55(42-17-6-2-7-18-42)44-32-27-38(28-33-44)39-29-34-45(35-30-39)56-51-25-13-11-22-49(51)54-46(23-14-26-52(54)56)40-31-36-48-47-21-10-12-24-50(47)57(53(48)37-40)43-19-8-3-9-20-43/h1-37H. The van der Waals surface area contributed by atoms with Crippen LogP contribution in [0.4, 0.5) is 17.1 Å². The number of rotatable bonds is 7. The number of nitrogens with zero attached hydrogens (tertiary/aromatic N) is 3. The first kappa shape index (κ1) is 32.8. The summed E-state index contributed by atoms with van der Waals surface area (Å²) < 4.78 is 4.81. The molecule has 9 aromatic carbocycles. The van der Waals surface area contributed by atoms with Gasteiger partial charge < -0.3 is 14.0 Å². The number of anilines is 3. The zero-order valence-electron chi connectivity index (χ0n) is 31.2. The fourth-order valence-electron chi connectivity index (χ4n) is 8.74. The van der Waals surface area contributed by atoms with Crippen LogP contribution in [0.5, 0.6) is 0 Å². The molecule has 57 heavy (non-hydrogen) atoms. The van der Waals surface area contributed by atoms with E-state index in [1.807, 2.05) is 0 Å². The number of hydrogen-bond acceptors (Lipinski definition) is 1. The van der Waals surface area contributed by atoms with Crippen molar-refractivity contribution < 1.29 is 0 Å². The number of hydrogen-bond donors (Lipinski definition) is 0. The molecule has 11 rings (SSSR count). The van der Waals surface area contributed by atoms with Crippen molar-refractivity contribution in [3.63, 3.8) is 0 Å². The van der Waals surface area contributed by atoms with Crippen LogP contribution in [0.2, 0.25) is 0 Å². The van der Waals surface area contributed by atoms with Gasteiger partial charge in [-0.1, -0.05) is 140 Å². The van der Waals surface area contributed by atoms with E-state index in [-0.39, 0.29) is 0 Å². The molecule has 0 bridgehead atoms. The fourth-order valence-corrected chi connectivity index (χ4v) is 8.74. The Bertz CT molecular complexity index is 3160. The van der Waals surface area contributed by atoms with Gasteiger partial charge in [-0.2, -0.15) is 0 Å². The molecule has 0 radical (unpaired) electrons. The number of fused-ring (bicyclic) bond motifs is 6. The summed E-state index contributed by atoms with van der Waals surface area (Å²) in [6.07, 6.45) is 0. The fraction of sp³-hybridized carbons (Fsp3) is 0. The number of para-hydroxylation sites is 5. The second-order valence-electron chi connectivity index (χ2n) is 14.6. The van der Waals surface area contributed by atoms with Gasteiger partial charge in [0.1, 0.15) is 0 Å². The van der Waals surface area contributed by atoms with E-state index in [0.29, 0.717) is 0 Å². The van der Waals surface area contributed by atoms with Crippen molar-refractivity contribution in [3.8, 4) is 33.6 Å². The van der Waals surface area contributed by atoms with Crippen molar-refractivity contribution in [2.75, 3.05) is 4.90 Å². The Kier molecular flexibility index (Phi) is 7.82. The maximum atomic E-state index is 2.41. The smallest absolute Gasteiger partial charge is 0.0547 e. The summed E-state index contributed by atoms with van der Waals surface area (Å²) in [6.45, 7) is 0. The number of aromatic nitrogens is 2. The van der Waals surface area contributed by atoms with Crippen LogP contribution < -0.4 is 4.90 Å². The number of benzene rings is 9. The van der Waals surface area contributed by atoms with Crippen LogP contribution in [-0.4, -0.2) is 9.13 Å². The Hall–Kier alpha value is -7.62. The first-order valence-corrected chi connectivity index (χ1v) is 19.5. The lowest BCUT2D eigenvalue weighted by atomic mass is 9.98. The highest BCUT2D eigenvalue weighted by Crippen LogP contribution is 2.41. The van der Waals surface area contributed by atoms with Crippen LogP contribution in [0.1, 0.15) is 0 Å². The monoisotopic (exact) mass is 727 g/mol. The third-order valence-corrected chi connectivity index (χ3v) is 11.3. The van der Waals surface area contributed by atoms with Crippen molar-refractivity contribution in [1.82, 2.24) is 9.13 Å². The van der Waals surface area contributed by atoms with E-state index in [0.717, 1.165) is 28.4 Å². The second kappa shape index (κ2) is 13.6. The normalized spacial score (nSPS) is 11.5. The summed E-state index contributed by atoms with van der Waals surface area (Å²) in [5.74, 6) is 0. The van der Waals surface area contributed by atoms with Gasteiger partial charge in [0.05, 0.1) is 22.1 Å². The zero-order chi connectivity index (χ0) is 37.7. The SMILES string of the molecule is c1ccc(N(c2ccccc2)c2ccc(-c3ccc(-n4c5ccccc5c5c(-c6ccc7c8ccccc8n(-c8ccccc8)c7c6)cccc54)cc3)cc2)cc1. The maximum absolute atomic E-state index is 2.41. The molecule has 0 saturated heterocycles. The summed E-state index contributed by atoms with van der Waals surface area (Å²) in [7, 11) is 0. The summed E-state index contributed by atoms with van der Waals surface area (Å²) in [5.41, 5.74) is 15.3. The van der Waals surface area contributed by atoms with Crippen LogP contribution in [0.25, 0.3) is 77.2 Å². The van der Waals surface area contributed by atoms with Crippen molar-refractivity contribution in [2.24, 2.45) is 0 Å². The van der Waals surface area contributed by atoms with Crippen LogP contribution in [-0.2, 0) is 0 Å². The van der Waals surface area contributed by atoms with Crippen LogP contribution >= 0.6 is 0 Å². The molecule has 3 heteroatoms. The molecule has 0 saturated carbocycles. The molecule has 0 amide bonds. The molecule has 0 aliphatic heterocycles. The minimum atomic E-state index is 1.12. The minimum Gasteiger partial charge on any atom is -0.311 e. The maximum Gasteiger partial charge on any atom is 0.0547 e. The van der Waals surface area contributed by atoms with Crippen molar-refractivity contribution in [1.29, 1.82) is 0 Å². The first-order valence-electron chi connectivity index (χ1n) is 19.5. The predicted molar refractivity (Wildman–Crippen MR) is 241 cm³/mol. The lowest BCUT2D eigenvalue weighted by molar-refractivity contribution is 1.18. The van der Waals surface area contributed by atoms with Gasteiger partial charge in [0, 0.05) is 50.0 Å². The molecule has 0 unspecified atom stereocenters. The highest BCUT2D eigenvalue weighted by atomic mass is 15.1. The van der Waals surface area contributed by atoms with Crippen molar-refractivity contribution in [2.45, 2.75) is 0 Å². The minimum absolute atomic E-state index is 1.12. The Morgan fingerprint density at radius 1 is 0.281 bits per heavy atom. The van der Waals surface area contributed by atoms with Crippen LogP contribution in [0, 0.1) is 0 Å². The van der Waals surface area contributed by atoms with Gasteiger partial charge in [-0.05, 0) is 107 Å². The molecule has 2 heterocycles. The topological polar surface area (TPSA) is 13.1 Å². The lowest BCUT2D eigenvalue weighted by Gasteiger charge is -2.25. The average molecular weight is 728 g/mol. The molecule has 3 nitrogen and oxygen atoms in total. The van der Waals surface area contributed by atoms with Gasteiger partial charge >= 0.3 is 0 Å². The molecule has 2 aromatic heterocycles. The van der Waals surface area contributed by atoms with Gasteiger partial charge in [-0.25, -0.2) is 0 Å². The van der Waals surface area contributed by atoms with Crippen molar-refractivity contribution in [3.05, 3.63) is 224 Å². The third kappa shape index (κ3) is 5.51. The molecular formula is C54H37N3. The molecule has 0 atom stereocenters. The van der Waals surface area contributed by atoms with E-state index >= 15 is 0 Å². The van der Waals surface area contributed by atoms with E-state index in [1.165, 1.54) is 65.9 Å². The molecule has 0 aliphatic carbocycles. The average Bonchev–Trinajstić information content (AvgIpc) is 3.81. The van der Waals surface area contributed by atoms with E-state index in [9.17, 15) is 0 Å². The summed E-state index contributed by atoms with van der Waals surface area (Å²) in [5, 5.41) is 5.02. The third-order valence-electron chi connectivity index (χ3n) is 11.3. The van der Waals surface area contributed by atoms with E-state index < -0.39 is 0 Å². The Labute approximate surface area is 331 Å². The van der Waals surface area contributed by atoms with Gasteiger partial charge in [-0.3, -0.25) is 0 Å². The van der Waals surface area contributed by atoms with Gasteiger partial charge in [0.2, 0.25) is 0 Å². The van der Waals surface area contributed by atoms with Gasteiger partial charge in [0.15, 0.2) is 0 Å². The predicted octanol–water partition coefficient (Wildman–Crippen LogP) is 14.7. The Balaban J connectivity index is 0.993. The first-order chi connectivity index (χ1) is 28.3. The summed E-state index contributed by atoms with van der Waals surface area (Å²) in [4.78, 5) is 2.30. The molecule has 0 fully saturated rings. The van der Waals surface area contributed by atoms with Gasteiger partial charge in [0.25, 0.3) is 0 Å². The molecular weight excluding hydrogens is 691 g/mol. The summed E-state index contributed by atoms with van der Waals surface area (Å²) in [6, 6.07) is 80.9. The van der Waals surface area contributed by atoms with E-state index in [1.54, 1.807) is 0 Å². The summed E-state index contributed by atoms with van der Waals surface area (Å²) >= 11 is 0. The molecule has 11 aromatic rings. The van der Waals surface area contributed by atoms with E-state index in [2.05, 4.69) is 238 Å². The Morgan fingerprint density at radius 2 is 0.737 bits per heavy atom. The second-order valence-corrected chi connectivity index (χ2v) is 14.6.